The van der Waals surface area contributed by atoms with Crippen molar-refractivity contribution in [2.24, 2.45) is 5.73 Å². The van der Waals surface area contributed by atoms with Gasteiger partial charge < -0.3 is 11.1 Å². The van der Waals surface area contributed by atoms with E-state index in [0.29, 0.717) is 6.54 Å². The van der Waals surface area contributed by atoms with Crippen molar-refractivity contribution in [3.05, 3.63) is 64.2 Å². The second-order valence-corrected chi connectivity index (χ2v) is 4.16. The maximum absolute atomic E-state index is 10.5. The van der Waals surface area contributed by atoms with Gasteiger partial charge in [-0.25, -0.2) is 0 Å². The summed E-state index contributed by atoms with van der Waals surface area (Å²) >= 11 is 0. The first-order chi connectivity index (χ1) is 9.19. The Bertz CT molecular complexity index is 550. The first-order valence-electron chi connectivity index (χ1n) is 5.99. The van der Waals surface area contributed by atoms with E-state index in [1.165, 1.54) is 17.7 Å². The van der Waals surface area contributed by atoms with E-state index in [1.807, 2.05) is 24.3 Å². The molecule has 0 saturated carbocycles. The molecule has 0 aliphatic rings. The summed E-state index contributed by atoms with van der Waals surface area (Å²) in [6, 6.07) is 14.3. The lowest BCUT2D eigenvalue weighted by Gasteiger charge is -2.07. The van der Waals surface area contributed by atoms with Crippen molar-refractivity contribution >= 4 is 17.1 Å². The fourth-order valence-electron chi connectivity index (χ4n) is 1.75. The Kier molecular flexibility index (Phi) is 4.10. The van der Waals surface area contributed by atoms with Gasteiger partial charge in [-0.05, 0) is 42.8 Å². The molecule has 5 nitrogen and oxygen atoms in total. The fourth-order valence-corrected chi connectivity index (χ4v) is 1.75. The zero-order valence-electron chi connectivity index (χ0n) is 10.4. The molecule has 2 rings (SSSR count). The fraction of sp³-hybridized carbons (Fsp3) is 0.143. The third-order valence-electron chi connectivity index (χ3n) is 2.75. The lowest BCUT2D eigenvalue weighted by atomic mass is 10.1. The van der Waals surface area contributed by atoms with E-state index < -0.39 is 4.92 Å². The molecule has 0 radical (unpaired) electrons. The molecule has 5 heteroatoms. The van der Waals surface area contributed by atoms with Crippen molar-refractivity contribution in [1.29, 1.82) is 0 Å². The van der Waals surface area contributed by atoms with E-state index >= 15 is 0 Å². The van der Waals surface area contributed by atoms with Crippen LogP contribution in [0.15, 0.2) is 48.5 Å². The van der Waals surface area contributed by atoms with Gasteiger partial charge >= 0.3 is 0 Å². The highest BCUT2D eigenvalue weighted by Gasteiger charge is 2.03. The van der Waals surface area contributed by atoms with Gasteiger partial charge in [0.15, 0.2) is 0 Å². The average molecular weight is 257 g/mol. The highest BCUT2D eigenvalue weighted by atomic mass is 16.6. The topological polar surface area (TPSA) is 81.2 Å². The van der Waals surface area contributed by atoms with Gasteiger partial charge in [-0.2, -0.15) is 0 Å². The highest BCUT2D eigenvalue weighted by molar-refractivity contribution is 5.61. The molecule has 3 N–H and O–H groups in total. The molecule has 2 aromatic carbocycles. The van der Waals surface area contributed by atoms with Crippen LogP contribution in [0.3, 0.4) is 0 Å². The van der Waals surface area contributed by atoms with Crippen LogP contribution < -0.4 is 11.1 Å². The number of non-ortho nitro benzene ring substituents is 1. The van der Waals surface area contributed by atoms with Crippen LogP contribution in [-0.2, 0) is 6.42 Å². The standard InChI is InChI=1S/C14H15N3O2/c15-10-9-11-1-3-12(4-2-11)16-13-5-7-14(8-6-13)17(18)19/h1-8,16H,9-10,15H2. The smallest absolute Gasteiger partial charge is 0.269 e. The molecule has 2 aromatic rings. The minimum absolute atomic E-state index is 0.0869. The Morgan fingerprint density at radius 2 is 1.53 bits per heavy atom. The summed E-state index contributed by atoms with van der Waals surface area (Å²) in [7, 11) is 0. The summed E-state index contributed by atoms with van der Waals surface area (Å²) in [4.78, 5) is 10.1. The van der Waals surface area contributed by atoms with Crippen molar-refractivity contribution < 1.29 is 4.92 Å². The summed E-state index contributed by atoms with van der Waals surface area (Å²) in [6.07, 6.45) is 0.859. The molecule has 0 bridgehead atoms. The number of hydrogen-bond acceptors (Lipinski definition) is 4. The number of benzene rings is 2. The molecule has 0 saturated heterocycles. The van der Waals surface area contributed by atoms with Crippen LogP contribution in [-0.4, -0.2) is 11.5 Å². The number of nitrogens with zero attached hydrogens (tertiary/aromatic N) is 1. The van der Waals surface area contributed by atoms with Gasteiger partial charge in [0.25, 0.3) is 5.69 Å². The Balaban J connectivity index is 2.06. The number of nitro groups is 1. The minimum Gasteiger partial charge on any atom is -0.356 e. The SMILES string of the molecule is NCCc1ccc(Nc2ccc([N+](=O)[O-])cc2)cc1. The molecule has 0 atom stereocenters. The second kappa shape index (κ2) is 5.97. The summed E-state index contributed by atoms with van der Waals surface area (Å²) in [5, 5.41) is 13.7. The van der Waals surface area contributed by atoms with E-state index in [9.17, 15) is 10.1 Å². The lowest BCUT2D eigenvalue weighted by Crippen LogP contribution is -2.02. The number of rotatable bonds is 5. The largest absolute Gasteiger partial charge is 0.356 e. The first kappa shape index (κ1) is 13.0. The molecule has 0 fully saturated rings. The zero-order valence-corrected chi connectivity index (χ0v) is 10.4. The molecule has 0 amide bonds. The highest BCUT2D eigenvalue weighted by Crippen LogP contribution is 2.20. The van der Waals surface area contributed by atoms with Gasteiger partial charge in [-0.15, -0.1) is 0 Å². The van der Waals surface area contributed by atoms with Crippen molar-refractivity contribution in [3.8, 4) is 0 Å². The van der Waals surface area contributed by atoms with Crippen molar-refractivity contribution in [2.75, 3.05) is 11.9 Å². The molecular formula is C14H15N3O2. The molecular weight excluding hydrogens is 242 g/mol. The maximum atomic E-state index is 10.5. The van der Waals surface area contributed by atoms with Crippen molar-refractivity contribution in [3.63, 3.8) is 0 Å². The van der Waals surface area contributed by atoms with Crippen LogP contribution in [0.4, 0.5) is 17.1 Å². The third-order valence-corrected chi connectivity index (χ3v) is 2.75. The summed E-state index contributed by atoms with van der Waals surface area (Å²) in [5.41, 5.74) is 8.52. The lowest BCUT2D eigenvalue weighted by molar-refractivity contribution is -0.384. The predicted molar refractivity (Wildman–Crippen MR) is 75.6 cm³/mol. The molecule has 0 aliphatic carbocycles. The maximum Gasteiger partial charge on any atom is 0.269 e. The molecule has 0 spiro atoms. The minimum atomic E-state index is -0.411. The monoisotopic (exact) mass is 257 g/mol. The summed E-state index contributed by atoms with van der Waals surface area (Å²) in [5.74, 6) is 0. The summed E-state index contributed by atoms with van der Waals surface area (Å²) < 4.78 is 0. The van der Waals surface area contributed by atoms with E-state index in [1.54, 1.807) is 12.1 Å². The normalized spacial score (nSPS) is 10.2. The Labute approximate surface area is 111 Å². The number of nitro benzene ring substituents is 1. The molecule has 98 valence electrons. The third kappa shape index (κ3) is 3.53. The van der Waals surface area contributed by atoms with E-state index in [-0.39, 0.29) is 5.69 Å². The van der Waals surface area contributed by atoms with E-state index in [4.69, 9.17) is 5.73 Å². The van der Waals surface area contributed by atoms with Crippen LogP contribution in [0.1, 0.15) is 5.56 Å². The van der Waals surface area contributed by atoms with Crippen molar-refractivity contribution in [1.82, 2.24) is 0 Å². The quantitative estimate of drug-likeness (QED) is 0.637. The Morgan fingerprint density at radius 3 is 2.00 bits per heavy atom. The number of hydrogen-bond donors (Lipinski definition) is 2. The molecule has 19 heavy (non-hydrogen) atoms. The van der Waals surface area contributed by atoms with Gasteiger partial charge in [-0.1, -0.05) is 12.1 Å². The zero-order chi connectivity index (χ0) is 13.7. The predicted octanol–water partition coefficient (Wildman–Crippen LogP) is 2.84. The molecule has 0 unspecified atom stereocenters. The molecule has 0 heterocycles. The number of anilines is 2. The number of nitrogens with one attached hydrogen (secondary N) is 1. The second-order valence-electron chi connectivity index (χ2n) is 4.16. The van der Waals surface area contributed by atoms with Crippen LogP contribution in [0.5, 0.6) is 0 Å². The van der Waals surface area contributed by atoms with E-state index in [2.05, 4.69) is 5.32 Å². The van der Waals surface area contributed by atoms with Crippen LogP contribution >= 0.6 is 0 Å². The summed E-state index contributed by atoms with van der Waals surface area (Å²) in [6.45, 7) is 0.634. The van der Waals surface area contributed by atoms with Crippen molar-refractivity contribution in [2.45, 2.75) is 6.42 Å². The van der Waals surface area contributed by atoms with E-state index in [0.717, 1.165) is 17.8 Å². The average Bonchev–Trinajstić information content (AvgIpc) is 2.42. The van der Waals surface area contributed by atoms with Crippen LogP contribution in [0.25, 0.3) is 0 Å². The van der Waals surface area contributed by atoms with Gasteiger partial charge in [0.05, 0.1) is 4.92 Å². The van der Waals surface area contributed by atoms with Crippen LogP contribution in [0.2, 0.25) is 0 Å². The van der Waals surface area contributed by atoms with Gasteiger partial charge in [0.2, 0.25) is 0 Å². The molecule has 0 aliphatic heterocycles. The van der Waals surface area contributed by atoms with Gasteiger partial charge in [-0.3, -0.25) is 10.1 Å². The van der Waals surface area contributed by atoms with Gasteiger partial charge in [0.1, 0.15) is 0 Å². The Hall–Kier alpha value is -2.40. The Morgan fingerprint density at radius 1 is 1.00 bits per heavy atom. The first-order valence-corrected chi connectivity index (χ1v) is 5.99. The van der Waals surface area contributed by atoms with Gasteiger partial charge in [0, 0.05) is 23.5 Å². The van der Waals surface area contributed by atoms with Crippen LogP contribution in [0, 0.1) is 10.1 Å². The molecule has 0 aromatic heterocycles. The number of nitrogens with two attached hydrogens (primary N) is 1.